The lowest BCUT2D eigenvalue weighted by Gasteiger charge is -2.12. The van der Waals surface area contributed by atoms with Crippen molar-refractivity contribution in [1.29, 1.82) is 0 Å². The number of ether oxygens (including phenoxy) is 2. The van der Waals surface area contributed by atoms with Crippen LogP contribution in [0.1, 0.15) is 26.0 Å². The van der Waals surface area contributed by atoms with Crippen molar-refractivity contribution in [2.45, 2.75) is 33.0 Å². The second-order valence-electron chi connectivity index (χ2n) is 5.97. The maximum absolute atomic E-state index is 5.88. The summed E-state index contributed by atoms with van der Waals surface area (Å²) in [7, 11) is 0. The Balaban J connectivity index is 1.64. The number of H-pyrrole nitrogens is 1. The third kappa shape index (κ3) is 4.32. The van der Waals surface area contributed by atoms with Crippen LogP contribution in [0, 0.1) is 0 Å². The number of nitrogen functional groups attached to an aromatic ring is 1. The van der Waals surface area contributed by atoms with E-state index in [1.807, 2.05) is 54.6 Å². The van der Waals surface area contributed by atoms with E-state index in [1.165, 1.54) is 0 Å². The Hall–Kier alpha value is -2.95. The zero-order chi connectivity index (χ0) is 17.6. The fourth-order valence-corrected chi connectivity index (χ4v) is 2.37. The fraction of sp³-hybridized carbons (Fsp3) is 0.250. The third-order valence-corrected chi connectivity index (χ3v) is 4.00. The van der Waals surface area contributed by atoms with E-state index in [4.69, 9.17) is 15.2 Å². The minimum absolute atomic E-state index is 0.213. The lowest BCUT2D eigenvalue weighted by molar-refractivity contribution is 0.217. The highest BCUT2D eigenvalue weighted by Gasteiger charge is 2.07. The number of hydrogen-bond donors (Lipinski definition) is 2. The maximum Gasteiger partial charge on any atom is 0.142 e. The van der Waals surface area contributed by atoms with E-state index in [0.717, 1.165) is 29.1 Å². The second kappa shape index (κ2) is 7.75. The van der Waals surface area contributed by atoms with Crippen molar-refractivity contribution in [3.8, 4) is 22.8 Å². The van der Waals surface area contributed by atoms with Crippen LogP contribution in [-0.2, 0) is 6.61 Å². The quantitative estimate of drug-likeness (QED) is 0.626. The Morgan fingerprint density at radius 2 is 1.88 bits per heavy atom. The Kier molecular flexibility index (Phi) is 5.23. The van der Waals surface area contributed by atoms with Gasteiger partial charge in [-0.1, -0.05) is 19.1 Å². The standard InChI is InChI=1S/C20H23N3O2/c1-3-14(2)25-17-10-8-15(9-11-17)19-12-16(22-23-19)13-24-20-7-5-4-6-18(20)21/h4-12,14H,3,13,21H2,1-2H3,(H,22,23). The van der Waals surface area contributed by atoms with E-state index in [-0.39, 0.29) is 6.10 Å². The lowest BCUT2D eigenvalue weighted by atomic mass is 10.1. The predicted molar refractivity (Wildman–Crippen MR) is 99.6 cm³/mol. The summed E-state index contributed by atoms with van der Waals surface area (Å²) >= 11 is 0. The topological polar surface area (TPSA) is 73.2 Å². The number of nitrogens with zero attached hydrogens (tertiary/aromatic N) is 1. The number of nitrogens with one attached hydrogen (secondary N) is 1. The molecule has 0 bridgehead atoms. The molecule has 3 rings (SSSR count). The lowest BCUT2D eigenvalue weighted by Crippen LogP contribution is -2.09. The molecular weight excluding hydrogens is 314 g/mol. The van der Waals surface area contributed by atoms with Crippen LogP contribution in [0.5, 0.6) is 11.5 Å². The van der Waals surface area contributed by atoms with Gasteiger partial charge in [-0.2, -0.15) is 5.10 Å². The molecule has 0 spiro atoms. The van der Waals surface area contributed by atoms with Crippen molar-refractivity contribution < 1.29 is 9.47 Å². The van der Waals surface area contributed by atoms with Gasteiger partial charge in [-0.15, -0.1) is 0 Å². The van der Waals surface area contributed by atoms with Gasteiger partial charge in [-0.3, -0.25) is 5.10 Å². The van der Waals surface area contributed by atoms with E-state index < -0.39 is 0 Å². The van der Waals surface area contributed by atoms with Crippen LogP contribution in [-0.4, -0.2) is 16.3 Å². The van der Waals surface area contributed by atoms with Gasteiger partial charge in [0, 0.05) is 5.56 Å². The summed E-state index contributed by atoms with van der Waals surface area (Å²) in [5.41, 5.74) is 9.28. The Bertz CT molecular complexity index is 812. The molecule has 1 heterocycles. The monoisotopic (exact) mass is 337 g/mol. The maximum atomic E-state index is 5.88. The molecule has 3 aromatic rings. The van der Waals surface area contributed by atoms with Crippen LogP contribution < -0.4 is 15.2 Å². The first-order chi connectivity index (χ1) is 12.2. The minimum atomic E-state index is 0.213. The molecule has 0 saturated carbocycles. The molecule has 0 aliphatic heterocycles. The van der Waals surface area contributed by atoms with Crippen LogP contribution >= 0.6 is 0 Å². The third-order valence-electron chi connectivity index (χ3n) is 4.00. The first kappa shape index (κ1) is 16.9. The number of rotatable bonds is 7. The van der Waals surface area contributed by atoms with Gasteiger partial charge in [-0.05, 0) is 55.8 Å². The summed E-state index contributed by atoms with van der Waals surface area (Å²) in [6, 6.07) is 17.4. The molecule has 1 unspecified atom stereocenters. The SMILES string of the molecule is CCC(C)Oc1ccc(-c2cc(COc3ccccc3N)[nH]n2)cc1. The molecule has 0 fully saturated rings. The van der Waals surface area contributed by atoms with Crippen LogP contribution in [0.4, 0.5) is 5.69 Å². The number of nitrogens with two attached hydrogens (primary N) is 1. The highest BCUT2D eigenvalue weighted by atomic mass is 16.5. The predicted octanol–water partition coefficient (Wildman–Crippen LogP) is 4.42. The van der Waals surface area contributed by atoms with Crippen LogP contribution in [0.15, 0.2) is 54.6 Å². The number of anilines is 1. The molecule has 0 aliphatic rings. The fourth-order valence-electron chi connectivity index (χ4n) is 2.37. The normalized spacial score (nSPS) is 11.9. The molecule has 5 nitrogen and oxygen atoms in total. The zero-order valence-electron chi connectivity index (χ0n) is 14.5. The molecule has 3 N–H and O–H groups in total. The van der Waals surface area contributed by atoms with Crippen molar-refractivity contribution in [3.05, 3.63) is 60.3 Å². The summed E-state index contributed by atoms with van der Waals surface area (Å²) in [5, 5.41) is 7.35. The highest BCUT2D eigenvalue weighted by Crippen LogP contribution is 2.24. The van der Waals surface area contributed by atoms with Gasteiger partial charge in [0.25, 0.3) is 0 Å². The Labute approximate surface area is 147 Å². The number of benzene rings is 2. The second-order valence-corrected chi connectivity index (χ2v) is 5.97. The van der Waals surface area contributed by atoms with Crippen LogP contribution in [0.3, 0.4) is 0 Å². The smallest absolute Gasteiger partial charge is 0.142 e. The van der Waals surface area contributed by atoms with Gasteiger partial charge in [0.2, 0.25) is 0 Å². The molecule has 25 heavy (non-hydrogen) atoms. The number of aromatic amines is 1. The van der Waals surface area contributed by atoms with Gasteiger partial charge in [0.05, 0.1) is 23.2 Å². The summed E-state index contributed by atoms with van der Waals surface area (Å²) in [6.45, 7) is 4.55. The molecule has 1 atom stereocenters. The van der Waals surface area contributed by atoms with Crippen molar-refractivity contribution in [3.63, 3.8) is 0 Å². The highest BCUT2D eigenvalue weighted by molar-refractivity contribution is 5.60. The summed E-state index contributed by atoms with van der Waals surface area (Å²) in [4.78, 5) is 0. The average Bonchev–Trinajstić information content (AvgIpc) is 3.10. The van der Waals surface area contributed by atoms with E-state index in [0.29, 0.717) is 18.0 Å². The molecular formula is C20H23N3O2. The first-order valence-corrected chi connectivity index (χ1v) is 8.44. The van der Waals surface area contributed by atoms with Crippen molar-refractivity contribution >= 4 is 5.69 Å². The zero-order valence-corrected chi connectivity index (χ0v) is 14.5. The average molecular weight is 337 g/mol. The van der Waals surface area contributed by atoms with Crippen molar-refractivity contribution in [2.75, 3.05) is 5.73 Å². The summed E-state index contributed by atoms with van der Waals surface area (Å²) in [5.74, 6) is 1.54. The molecule has 0 aliphatic carbocycles. The molecule has 2 aromatic carbocycles. The Morgan fingerprint density at radius 1 is 1.12 bits per heavy atom. The van der Waals surface area contributed by atoms with Gasteiger partial charge in [-0.25, -0.2) is 0 Å². The number of para-hydroxylation sites is 2. The molecule has 0 saturated heterocycles. The number of hydrogen-bond acceptors (Lipinski definition) is 4. The molecule has 0 amide bonds. The van der Waals surface area contributed by atoms with Crippen LogP contribution in [0.2, 0.25) is 0 Å². The van der Waals surface area contributed by atoms with E-state index in [2.05, 4.69) is 24.0 Å². The summed E-state index contributed by atoms with van der Waals surface area (Å²) < 4.78 is 11.5. The number of aromatic nitrogens is 2. The Morgan fingerprint density at radius 3 is 2.60 bits per heavy atom. The molecule has 130 valence electrons. The van der Waals surface area contributed by atoms with Gasteiger partial charge in [0.15, 0.2) is 0 Å². The van der Waals surface area contributed by atoms with Gasteiger partial charge < -0.3 is 15.2 Å². The first-order valence-electron chi connectivity index (χ1n) is 8.44. The van der Waals surface area contributed by atoms with E-state index >= 15 is 0 Å². The molecule has 1 aromatic heterocycles. The van der Waals surface area contributed by atoms with Gasteiger partial charge in [0.1, 0.15) is 18.1 Å². The van der Waals surface area contributed by atoms with Crippen LogP contribution in [0.25, 0.3) is 11.3 Å². The molecule has 5 heteroatoms. The minimum Gasteiger partial charge on any atom is -0.491 e. The van der Waals surface area contributed by atoms with Crippen molar-refractivity contribution in [1.82, 2.24) is 10.2 Å². The van der Waals surface area contributed by atoms with Crippen molar-refractivity contribution in [2.24, 2.45) is 0 Å². The molecule has 0 radical (unpaired) electrons. The van der Waals surface area contributed by atoms with Gasteiger partial charge >= 0.3 is 0 Å². The van der Waals surface area contributed by atoms with E-state index in [9.17, 15) is 0 Å². The summed E-state index contributed by atoms with van der Waals surface area (Å²) in [6.07, 6.45) is 1.20. The van der Waals surface area contributed by atoms with E-state index in [1.54, 1.807) is 0 Å². The largest absolute Gasteiger partial charge is 0.491 e.